The van der Waals surface area contributed by atoms with E-state index in [1.807, 2.05) is 51.1 Å². The Bertz CT molecular complexity index is 1530. The van der Waals surface area contributed by atoms with Crippen molar-refractivity contribution in [1.82, 2.24) is 30.0 Å². The SMILES string of the molecule is CCN1C(=O)c2ccc(Nc3ncc(-c4nnc(C(C)(C)O)o4)c(N[C@H](CO)c4ccccc4)n3)nc2C1(C)C. The zero-order valence-corrected chi connectivity index (χ0v) is 23.0. The Kier molecular flexibility index (Phi) is 6.98. The van der Waals surface area contributed by atoms with E-state index in [1.54, 1.807) is 30.9 Å². The fraction of sp³-hybridized carbons (Fsp3) is 0.357. The fourth-order valence-electron chi connectivity index (χ4n) is 4.72. The lowest BCUT2D eigenvalue weighted by Gasteiger charge is -2.30. The molecule has 0 fully saturated rings. The monoisotopic (exact) mass is 544 g/mol. The third-order valence-electron chi connectivity index (χ3n) is 6.84. The predicted octanol–water partition coefficient (Wildman–Crippen LogP) is 3.75. The average molecular weight is 545 g/mol. The number of carbonyl (C=O) groups is 1. The number of amides is 1. The van der Waals surface area contributed by atoms with Crippen LogP contribution in [0.25, 0.3) is 11.5 Å². The lowest BCUT2D eigenvalue weighted by Crippen LogP contribution is -2.39. The molecule has 208 valence electrons. The van der Waals surface area contributed by atoms with Gasteiger partial charge in [0.05, 0.1) is 35.0 Å². The zero-order valence-electron chi connectivity index (χ0n) is 23.0. The van der Waals surface area contributed by atoms with Crippen LogP contribution in [0.1, 0.15) is 68.2 Å². The maximum Gasteiger partial charge on any atom is 0.256 e. The van der Waals surface area contributed by atoms with Crippen LogP contribution in [0.15, 0.2) is 53.1 Å². The first kappa shape index (κ1) is 27.2. The van der Waals surface area contributed by atoms with Crippen molar-refractivity contribution in [2.75, 3.05) is 23.8 Å². The molecule has 0 aliphatic carbocycles. The van der Waals surface area contributed by atoms with Crippen LogP contribution in [0.5, 0.6) is 0 Å². The lowest BCUT2D eigenvalue weighted by atomic mass is 9.99. The molecular formula is C28H32N8O4. The van der Waals surface area contributed by atoms with E-state index in [0.29, 0.717) is 35.0 Å². The van der Waals surface area contributed by atoms with E-state index in [9.17, 15) is 15.0 Å². The van der Waals surface area contributed by atoms with Gasteiger partial charge >= 0.3 is 0 Å². The van der Waals surface area contributed by atoms with Crippen LogP contribution in [-0.4, -0.2) is 59.3 Å². The summed E-state index contributed by atoms with van der Waals surface area (Å²) in [4.78, 5) is 28.4. The van der Waals surface area contributed by atoms with E-state index in [2.05, 4.69) is 30.8 Å². The van der Waals surface area contributed by atoms with Crippen molar-refractivity contribution >= 4 is 23.5 Å². The molecule has 3 aromatic heterocycles. The quantitative estimate of drug-likeness (QED) is 0.243. The van der Waals surface area contributed by atoms with E-state index < -0.39 is 17.2 Å². The molecule has 1 aliphatic heterocycles. The lowest BCUT2D eigenvalue weighted by molar-refractivity contribution is 0.0487. The number of anilines is 3. The summed E-state index contributed by atoms with van der Waals surface area (Å²) in [5.74, 6) is 1.11. The predicted molar refractivity (Wildman–Crippen MR) is 148 cm³/mol. The summed E-state index contributed by atoms with van der Waals surface area (Å²) < 4.78 is 5.73. The Hall–Kier alpha value is -4.42. The second-order valence-electron chi connectivity index (χ2n) is 10.5. The van der Waals surface area contributed by atoms with Gasteiger partial charge in [0.15, 0.2) is 0 Å². The van der Waals surface area contributed by atoms with E-state index in [4.69, 9.17) is 9.40 Å². The second-order valence-corrected chi connectivity index (χ2v) is 10.5. The Balaban J connectivity index is 1.51. The van der Waals surface area contributed by atoms with Gasteiger partial charge in [-0.3, -0.25) is 4.79 Å². The second kappa shape index (κ2) is 10.3. The Labute approximate surface area is 231 Å². The molecule has 0 unspecified atom stereocenters. The molecule has 4 aromatic rings. The van der Waals surface area contributed by atoms with E-state index in [-0.39, 0.29) is 30.2 Å². The van der Waals surface area contributed by atoms with Crippen LogP contribution >= 0.6 is 0 Å². The molecule has 0 radical (unpaired) electrons. The molecule has 1 aromatic carbocycles. The average Bonchev–Trinajstić information content (AvgIpc) is 3.49. The van der Waals surface area contributed by atoms with Crippen LogP contribution in [0.2, 0.25) is 0 Å². The summed E-state index contributed by atoms with van der Waals surface area (Å²) in [5, 5.41) is 34.9. The van der Waals surface area contributed by atoms with E-state index in [0.717, 1.165) is 5.56 Å². The molecule has 40 heavy (non-hydrogen) atoms. The molecule has 12 heteroatoms. The minimum absolute atomic E-state index is 0.0399. The van der Waals surface area contributed by atoms with Crippen molar-refractivity contribution in [3.05, 3.63) is 71.4 Å². The van der Waals surface area contributed by atoms with Gasteiger partial charge in [-0.2, -0.15) is 4.98 Å². The van der Waals surface area contributed by atoms with Crippen molar-refractivity contribution in [3.63, 3.8) is 0 Å². The summed E-state index contributed by atoms with van der Waals surface area (Å²) in [7, 11) is 0. The summed E-state index contributed by atoms with van der Waals surface area (Å²) in [6, 6.07) is 12.4. The van der Waals surface area contributed by atoms with E-state index >= 15 is 0 Å². The number of carbonyl (C=O) groups excluding carboxylic acids is 1. The van der Waals surface area contributed by atoms with Crippen molar-refractivity contribution in [1.29, 1.82) is 0 Å². The Morgan fingerprint density at radius 1 is 1.07 bits per heavy atom. The number of nitrogens with zero attached hydrogens (tertiary/aromatic N) is 6. The molecule has 0 saturated heterocycles. The van der Waals surface area contributed by atoms with Gasteiger partial charge in [0.2, 0.25) is 11.8 Å². The first-order valence-corrected chi connectivity index (χ1v) is 13.0. The first-order chi connectivity index (χ1) is 19.0. The fourth-order valence-corrected chi connectivity index (χ4v) is 4.72. The number of benzene rings is 1. The molecule has 0 bridgehead atoms. The Morgan fingerprint density at radius 2 is 1.82 bits per heavy atom. The number of hydrogen-bond acceptors (Lipinski definition) is 11. The minimum atomic E-state index is -1.33. The highest BCUT2D eigenvalue weighted by Gasteiger charge is 2.43. The maximum atomic E-state index is 12.8. The number of nitrogens with one attached hydrogen (secondary N) is 2. The zero-order chi connectivity index (χ0) is 28.7. The van der Waals surface area contributed by atoms with Crippen LogP contribution in [0, 0.1) is 0 Å². The van der Waals surface area contributed by atoms with Gasteiger partial charge in [-0.1, -0.05) is 30.3 Å². The van der Waals surface area contributed by atoms with Crippen molar-refractivity contribution in [3.8, 4) is 11.5 Å². The number of fused-ring (bicyclic) bond motifs is 1. The highest BCUT2D eigenvalue weighted by Crippen LogP contribution is 2.38. The van der Waals surface area contributed by atoms with Gasteiger partial charge in [0.25, 0.3) is 11.8 Å². The summed E-state index contributed by atoms with van der Waals surface area (Å²) in [6.45, 7) is 9.33. The molecule has 0 saturated carbocycles. The summed E-state index contributed by atoms with van der Waals surface area (Å²) >= 11 is 0. The normalized spacial score (nSPS) is 15.2. The summed E-state index contributed by atoms with van der Waals surface area (Å²) in [6.07, 6.45) is 1.51. The highest BCUT2D eigenvalue weighted by molar-refractivity contribution is 5.99. The minimum Gasteiger partial charge on any atom is -0.417 e. The van der Waals surface area contributed by atoms with Gasteiger partial charge in [-0.15, -0.1) is 10.2 Å². The molecule has 4 N–H and O–H groups in total. The maximum absolute atomic E-state index is 12.8. The van der Waals surface area contributed by atoms with Gasteiger partial charge in [0.1, 0.15) is 17.2 Å². The number of hydrogen-bond donors (Lipinski definition) is 4. The highest BCUT2D eigenvalue weighted by atomic mass is 16.4. The smallest absolute Gasteiger partial charge is 0.256 e. The van der Waals surface area contributed by atoms with Gasteiger partial charge < -0.3 is 30.2 Å². The molecule has 4 heterocycles. The molecule has 1 atom stereocenters. The number of aromatic nitrogens is 5. The Morgan fingerprint density at radius 3 is 2.48 bits per heavy atom. The first-order valence-electron chi connectivity index (χ1n) is 13.0. The van der Waals surface area contributed by atoms with Gasteiger partial charge in [0, 0.05) is 12.7 Å². The van der Waals surface area contributed by atoms with Crippen molar-refractivity contribution < 1.29 is 19.4 Å². The molecular weight excluding hydrogens is 512 g/mol. The van der Waals surface area contributed by atoms with Crippen molar-refractivity contribution in [2.45, 2.75) is 51.8 Å². The topological polar surface area (TPSA) is 162 Å². The molecule has 12 nitrogen and oxygen atoms in total. The van der Waals surface area contributed by atoms with Crippen LogP contribution in [-0.2, 0) is 11.1 Å². The number of rotatable bonds is 9. The number of aliphatic hydroxyl groups excluding tert-OH is 1. The third kappa shape index (κ3) is 4.98. The molecule has 1 aliphatic rings. The van der Waals surface area contributed by atoms with E-state index in [1.165, 1.54) is 6.20 Å². The van der Waals surface area contributed by atoms with Crippen LogP contribution in [0.3, 0.4) is 0 Å². The van der Waals surface area contributed by atoms with Crippen molar-refractivity contribution in [2.24, 2.45) is 0 Å². The van der Waals surface area contributed by atoms with Crippen LogP contribution < -0.4 is 10.6 Å². The van der Waals surface area contributed by atoms with Crippen LogP contribution in [0.4, 0.5) is 17.6 Å². The summed E-state index contributed by atoms with van der Waals surface area (Å²) in [5.41, 5.74) is 0.587. The molecule has 5 rings (SSSR count). The van der Waals surface area contributed by atoms with Gasteiger partial charge in [-0.25, -0.2) is 9.97 Å². The third-order valence-corrected chi connectivity index (χ3v) is 6.84. The molecule has 1 amide bonds. The molecule has 0 spiro atoms. The number of pyridine rings is 1. The van der Waals surface area contributed by atoms with Gasteiger partial charge in [-0.05, 0) is 52.3 Å². The largest absolute Gasteiger partial charge is 0.417 e. The standard InChI is InChI=1S/C28H32N8O4/c1-6-36-24(38)17-12-13-20(31-21(17)27(36,2)3)32-26-29-14-18(23-34-35-25(40-23)28(4,5)39)22(33-26)30-19(15-37)16-10-8-7-9-11-16/h7-14,19,37,39H,6,15H2,1-5H3,(H2,29,30,31,32,33)/t19-/m1/s1. The number of aliphatic hydroxyl groups is 2.